The number of aromatic nitrogens is 2. The average molecular weight is 683 g/mol. The Labute approximate surface area is 310 Å². The summed E-state index contributed by atoms with van der Waals surface area (Å²) in [5.41, 5.74) is 6.41. The molecule has 2 nitrogen and oxygen atoms in total. The van der Waals surface area contributed by atoms with E-state index in [1.54, 1.807) is 0 Å². The maximum Gasteiger partial charge on any atom is 0.161 e. The van der Waals surface area contributed by atoms with Crippen molar-refractivity contribution >= 4 is 86.3 Å². The SMILES string of the molecule is c1ccc(-c2nc(-c3ccc(-c4cc5cccc6c7cccc8ccc9cccc(c%10cccc4c%10c56)c9c87)c4ccccc34)nc3ccccc23)cc1. The molecule has 0 saturated heterocycles. The highest BCUT2D eigenvalue weighted by molar-refractivity contribution is 6.38. The Kier molecular flexibility index (Phi) is 6.09. The van der Waals surface area contributed by atoms with Crippen molar-refractivity contribution in [1.29, 1.82) is 0 Å². The molecule has 0 bridgehead atoms. The van der Waals surface area contributed by atoms with Gasteiger partial charge in [0.1, 0.15) is 0 Å². The molecule has 1 aromatic heterocycles. The third kappa shape index (κ3) is 4.11. The van der Waals surface area contributed by atoms with Crippen LogP contribution in [0.15, 0.2) is 182 Å². The Morgan fingerprint density at radius 3 is 1.48 bits per heavy atom. The first kappa shape index (κ1) is 29.4. The van der Waals surface area contributed by atoms with Crippen LogP contribution in [0, 0.1) is 0 Å². The van der Waals surface area contributed by atoms with E-state index < -0.39 is 0 Å². The van der Waals surface area contributed by atoms with Crippen LogP contribution in [0.25, 0.3) is 120 Å². The third-order valence-electron chi connectivity index (χ3n) is 11.6. The standard InChI is InChI=1S/C52H30N2/c1-2-12-33(13-3-1)51-44-19-6-7-25-46(44)53-52(54-51)43-29-28-37(35-17-4-5-18-36(35)43)45-30-34-16-10-22-39-38-20-8-14-31-26-27-32-15-9-21-40(48(32)47(31)38)41-23-11-24-42(45)50(41)49(34)39/h1-30H. The summed E-state index contributed by atoms with van der Waals surface area (Å²) in [6, 6.07) is 66.3. The molecule has 12 rings (SSSR count). The van der Waals surface area contributed by atoms with Crippen LogP contribution < -0.4 is 0 Å². The van der Waals surface area contributed by atoms with Crippen molar-refractivity contribution in [2.75, 3.05) is 0 Å². The molecule has 0 aliphatic heterocycles. The Balaban J connectivity index is 1.19. The number of para-hydroxylation sites is 1. The van der Waals surface area contributed by atoms with Gasteiger partial charge in [-0.25, -0.2) is 9.97 Å². The smallest absolute Gasteiger partial charge is 0.161 e. The summed E-state index contributed by atoms with van der Waals surface area (Å²) in [7, 11) is 0. The van der Waals surface area contributed by atoms with E-state index in [0.717, 1.165) is 38.9 Å². The molecule has 0 aliphatic rings. The highest BCUT2D eigenvalue weighted by Crippen LogP contribution is 2.47. The molecule has 12 aromatic rings. The fourth-order valence-corrected chi connectivity index (χ4v) is 9.27. The number of hydrogen-bond acceptors (Lipinski definition) is 2. The normalized spacial score (nSPS) is 12.1. The van der Waals surface area contributed by atoms with Crippen LogP contribution in [-0.2, 0) is 0 Å². The van der Waals surface area contributed by atoms with Gasteiger partial charge in [0.25, 0.3) is 0 Å². The first-order valence-corrected chi connectivity index (χ1v) is 18.6. The van der Waals surface area contributed by atoms with Gasteiger partial charge < -0.3 is 0 Å². The van der Waals surface area contributed by atoms with Gasteiger partial charge in [-0.1, -0.05) is 164 Å². The van der Waals surface area contributed by atoms with Crippen molar-refractivity contribution < 1.29 is 0 Å². The molecule has 248 valence electrons. The van der Waals surface area contributed by atoms with Crippen molar-refractivity contribution in [2.45, 2.75) is 0 Å². The van der Waals surface area contributed by atoms with Gasteiger partial charge >= 0.3 is 0 Å². The van der Waals surface area contributed by atoms with Gasteiger partial charge in [0.2, 0.25) is 0 Å². The van der Waals surface area contributed by atoms with E-state index in [-0.39, 0.29) is 0 Å². The van der Waals surface area contributed by atoms with E-state index in [1.807, 2.05) is 6.07 Å². The molecular weight excluding hydrogens is 653 g/mol. The van der Waals surface area contributed by atoms with Crippen molar-refractivity contribution in [3.05, 3.63) is 182 Å². The maximum atomic E-state index is 5.27. The lowest BCUT2D eigenvalue weighted by molar-refractivity contribution is 1.23. The molecule has 1 heterocycles. The summed E-state index contributed by atoms with van der Waals surface area (Å²) < 4.78 is 0. The minimum Gasteiger partial charge on any atom is -0.228 e. The Bertz CT molecular complexity index is 3490. The van der Waals surface area contributed by atoms with Gasteiger partial charge in [0.15, 0.2) is 5.82 Å². The third-order valence-corrected chi connectivity index (χ3v) is 11.6. The molecule has 0 atom stereocenters. The summed E-state index contributed by atoms with van der Waals surface area (Å²) in [5, 5.41) is 18.8. The van der Waals surface area contributed by atoms with Crippen LogP contribution in [0.2, 0.25) is 0 Å². The van der Waals surface area contributed by atoms with E-state index >= 15 is 0 Å². The summed E-state index contributed by atoms with van der Waals surface area (Å²) in [6.45, 7) is 0. The summed E-state index contributed by atoms with van der Waals surface area (Å²) >= 11 is 0. The second-order valence-electron chi connectivity index (χ2n) is 14.4. The number of benzene rings is 10. The Morgan fingerprint density at radius 1 is 0.278 bits per heavy atom. The van der Waals surface area contributed by atoms with E-state index in [4.69, 9.17) is 9.97 Å². The zero-order chi connectivity index (χ0) is 35.3. The Hall–Kier alpha value is -7.16. The molecule has 0 unspecified atom stereocenters. The number of hydrogen-bond donors (Lipinski definition) is 0. The number of fused-ring (bicyclic) bond motifs is 4. The van der Waals surface area contributed by atoms with Gasteiger partial charge in [0, 0.05) is 16.5 Å². The fraction of sp³-hybridized carbons (Fsp3) is 0. The second kappa shape index (κ2) is 11.2. The quantitative estimate of drug-likeness (QED) is 0.173. The average Bonchev–Trinajstić information content (AvgIpc) is 3.24. The zero-order valence-electron chi connectivity index (χ0n) is 29.2. The van der Waals surface area contributed by atoms with E-state index in [9.17, 15) is 0 Å². The molecule has 54 heavy (non-hydrogen) atoms. The molecule has 0 spiro atoms. The van der Waals surface area contributed by atoms with E-state index in [2.05, 4.69) is 176 Å². The molecule has 2 heteroatoms. The van der Waals surface area contributed by atoms with Crippen LogP contribution in [0.4, 0.5) is 0 Å². The molecule has 0 amide bonds. The predicted octanol–water partition coefficient (Wildman–Crippen LogP) is 14.1. The van der Waals surface area contributed by atoms with Gasteiger partial charge in [-0.05, 0) is 105 Å². The molecule has 0 saturated carbocycles. The summed E-state index contributed by atoms with van der Waals surface area (Å²) in [4.78, 5) is 10.4. The van der Waals surface area contributed by atoms with E-state index in [1.165, 1.54) is 81.1 Å². The fourth-order valence-electron chi connectivity index (χ4n) is 9.27. The molecule has 0 N–H and O–H groups in total. The van der Waals surface area contributed by atoms with Crippen molar-refractivity contribution in [1.82, 2.24) is 9.97 Å². The van der Waals surface area contributed by atoms with Crippen LogP contribution >= 0.6 is 0 Å². The molecule has 0 aliphatic carbocycles. The maximum absolute atomic E-state index is 5.27. The first-order chi connectivity index (χ1) is 26.8. The van der Waals surface area contributed by atoms with Crippen LogP contribution in [0.1, 0.15) is 0 Å². The largest absolute Gasteiger partial charge is 0.228 e. The highest BCUT2D eigenvalue weighted by atomic mass is 14.9. The lowest BCUT2D eigenvalue weighted by atomic mass is 9.84. The lowest BCUT2D eigenvalue weighted by Gasteiger charge is -2.19. The minimum atomic E-state index is 0.730. The molecular formula is C52H30N2. The van der Waals surface area contributed by atoms with Gasteiger partial charge in [0.05, 0.1) is 11.2 Å². The lowest BCUT2D eigenvalue weighted by Crippen LogP contribution is -1.96. The Morgan fingerprint density at radius 2 is 0.778 bits per heavy atom. The predicted molar refractivity (Wildman–Crippen MR) is 230 cm³/mol. The van der Waals surface area contributed by atoms with Gasteiger partial charge in [-0.2, -0.15) is 0 Å². The van der Waals surface area contributed by atoms with Crippen molar-refractivity contribution in [2.24, 2.45) is 0 Å². The monoisotopic (exact) mass is 682 g/mol. The van der Waals surface area contributed by atoms with Crippen molar-refractivity contribution in [3.63, 3.8) is 0 Å². The molecule has 0 radical (unpaired) electrons. The van der Waals surface area contributed by atoms with E-state index in [0.29, 0.717) is 0 Å². The highest BCUT2D eigenvalue weighted by Gasteiger charge is 2.20. The van der Waals surface area contributed by atoms with Crippen LogP contribution in [-0.4, -0.2) is 9.97 Å². The number of nitrogens with zero attached hydrogens (tertiary/aromatic N) is 2. The van der Waals surface area contributed by atoms with Gasteiger partial charge in [-0.15, -0.1) is 0 Å². The first-order valence-electron chi connectivity index (χ1n) is 18.6. The molecule has 0 fully saturated rings. The zero-order valence-corrected chi connectivity index (χ0v) is 29.2. The van der Waals surface area contributed by atoms with Crippen LogP contribution in [0.3, 0.4) is 0 Å². The number of rotatable bonds is 3. The van der Waals surface area contributed by atoms with Gasteiger partial charge in [-0.3, -0.25) is 0 Å². The minimum absolute atomic E-state index is 0.730. The summed E-state index contributed by atoms with van der Waals surface area (Å²) in [5.74, 6) is 0.730. The molecule has 11 aromatic carbocycles. The summed E-state index contributed by atoms with van der Waals surface area (Å²) in [6.07, 6.45) is 0. The van der Waals surface area contributed by atoms with Crippen molar-refractivity contribution in [3.8, 4) is 33.8 Å². The second-order valence-corrected chi connectivity index (χ2v) is 14.4. The topological polar surface area (TPSA) is 25.8 Å². The van der Waals surface area contributed by atoms with Crippen LogP contribution in [0.5, 0.6) is 0 Å².